The van der Waals surface area contributed by atoms with Gasteiger partial charge in [-0.2, -0.15) is 0 Å². The Morgan fingerprint density at radius 3 is 2.89 bits per heavy atom. The van der Waals surface area contributed by atoms with Crippen molar-refractivity contribution < 1.29 is 0 Å². The van der Waals surface area contributed by atoms with Crippen LogP contribution in [0.5, 0.6) is 0 Å². The SMILES string of the molecule is CCC1CCCCC1NC1CCc2cc(Cl)ccc21. The molecule has 0 spiro atoms. The second kappa shape index (κ2) is 5.85. The third-order valence-electron chi connectivity index (χ3n) is 5.03. The smallest absolute Gasteiger partial charge is 0.0408 e. The quantitative estimate of drug-likeness (QED) is 0.830. The number of nitrogens with one attached hydrogen (secondary N) is 1. The van der Waals surface area contributed by atoms with Crippen LogP contribution in [0.2, 0.25) is 5.02 Å². The molecule has 0 bridgehead atoms. The molecule has 3 unspecified atom stereocenters. The lowest BCUT2D eigenvalue weighted by Gasteiger charge is -2.34. The van der Waals surface area contributed by atoms with Crippen LogP contribution in [0.25, 0.3) is 0 Å². The van der Waals surface area contributed by atoms with Crippen molar-refractivity contribution in [1.82, 2.24) is 5.32 Å². The summed E-state index contributed by atoms with van der Waals surface area (Å²) in [7, 11) is 0. The van der Waals surface area contributed by atoms with Gasteiger partial charge < -0.3 is 5.32 Å². The van der Waals surface area contributed by atoms with E-state index >= 15 is 0 Å². The van der Waals surface area contributed by atoms with Crippen molar-refractivity contribution in [3.05, 3.63) is 34.3 Å². The second-order valence-corrected chi connectivity index (χ2v) is 6.60. The molecule has 1 aromatic carbocycles. The van der Waals surface area contributed by atoms with Gasteiger partial charge in [0.15, 0.2) is 0 Å². The molecule has 1 saturated carbocycles. The number of halogens is 1. The molecule has 1 nitrogen and oxygen atoms in total. The van der Waals surface area contributed by atoms with Gasteiger partial charge in [0.25, 0.3) is 0 Å². The van der Waals surface area contributed by atoms with Gasteiger partial charge in [-0.1, -0.05) is 43.9 Å². The molecule has 1 N–H and O–H groups in total. The first kappa shape index (κ1) is 13.5. The van der Waals surface area contributed by atoms with E-state index in [1.54, 1.807) is 0 Å². The number of hydrogen-bond donors (Lipinski definition) is 1. The molecule has 104 valence electrons. The fourth-order valence-corrected chi connectivity index (χ4v) is 4.13. The molecule has 1 aromatic rings. The van der Waals surface area contributed by atoms with Crippen LogP contribution in [-0.4, -0.2) is 6.04 Å². The van der Waals surface area contributed by atoms with Crippen molar-refractivity contribution in [1.29, 1.82) is 0 Å². The van der Waals surface area contributed by atoms with Gasteiger partial charge in [0.2, 0.25) is 0 Å². The van der Waals surface area contributed by atoms with Gasteiger partial charge in [-0.15, -0.1) is 0 Å². The number of rotatable bonds is 3. The van der Waals surface area contributed by atoms with Crippen LogP contribution in [0.1, 0.15) is 62.6 Å². The van der Waals surface area contributed by atoms with E-state index in [0.29, 0.717) is 6.04 Å². The fraction of sp³-hybridized carbons (Fsp3) is 0.647. The highest BCUT2D eigenvalue weighted by molar-refractivity contribution is 6.30. The molecule has 3 rings (SSSR count). The van der Waals surface area contributed by atoms with Crippen LogP contribution in [-0.2, 0) is 6.42 Å². The highest BCUT2D eigenvalue weighted by Crippen LogP contribution is 2.35. The minimum Gasteiger partial charge on any atom is -0.307 e. The summed E-state index contributed by atoms with van der Waals surface area (Å²) in [6.07, 6.45) is 9.33. The van der Waals surface area contributed by atoms with E-state index in [1.165, 1.54) is 56.1 Å². The zero-order valence-corrected chi connectivity index (χ0v) is 12.5. The summed E-state index contributed by atoms with van der Waals surface area (Å²) >= 11 is 6.09. The number of hydrogen-bond acceptors (Lipinski definition) is 1. The highest BCUT2D eigenvalue weighted by atomic mass is 35.5. The topological polar surface area (TPSA) is 12.0 Å². The maximum atomic E-state index is 6.09. The molecule has 2 heteroatoms. The first-order valence-electron chi connectivity index (χ1n) is 7.82. The van der Waals surface area contributed by atoms with Crippen LogP contribution in [0.3, 0.4) is 0 Å². The summed E-state index contributed by atoms with van der Waals surface area (Å²) in [5.74, 6) is 0.880. The van der Waals surface area contributed by atoms with Gasteiger partial charge in [0, 0.05) is 17.1 Å². The largest absolute Gasteiger partial charge is 0.307 e. The molecule has 2 aliphatic carbocycles. The Morgan fingerprint density at radius 1 is 1.21 bits per heavy atom. The van der Waals surface area contributed by atoms with Crippen molar-refractivity contribution in [2.24, 2.45) is 5.92 Å². The summed E-state index contributed by atoms with van der Waals surface area (Å²) < 4.78 is 0. The molecule has 0 amide bonds. The predicted molar refractivity (Wildman–Crippen MR) is 81.7 cm³/mol. The number of benzene rings is 1. The molecule has 0 saturated heterocycles. The molecule has 0 aromatic heterocycles. The van der Waals surface area contributed by atoms with Gasteiger partial charge in [-0.3, -0.25) is 0 Å². The van der Waals surface area contributed by atoms with E-state index < -0.39 is 0 Å². The lowest BCUT2D eigenvalue weighted by atomic mass is 9.82. The zero-order chi connectivity index (χ0) is 13.2. The fourth-order valence-electron chi connectivity index (χ4n) is 3.93. The molecule has 19 heavy (non-hydrogen) atoms. The zero-order valence-electron chi connectivity index (χ0n) is 11.8. The van der Waals surface area contributed by atoms with Crippen LogP contribution < -0.4 is 5.32 Å². The lowest BCUT2D eigenvalue weighted by molar-refractivity contribution is 0.236. The number of aryl methyl sites for hydroxylation is 1. The van der Waals surface area contributed by atoms with E-state index in [9.17, 15) is 0 Å². The Kier molecular flexibility index (Phi) is 4.14. The first-order chi connectivity index (χ1) is 9.28. The third-order valence-corrected chi connectivity index (χ3v) is 5.27. The minimum absolute atomic E-state index is 0.560. The molecule has 0 aliphatic heterocycles. The normalized spacial score (nSPS) is 30.3. The van der Waals surface area contributed by atoms with Crippen LogP contribution in [0.4, 0.5) is 0 Å². The van der Waals surface area contributed by atoms with Crippen LogP contribution in [0, 0.1) is 5.92 Å². The lowest BCUT2D eigenvalue weighted by Crippen LogP contribution is -2.39. The van der Waals surface area contributed by atoms with E-state index in [1.807, 2.05) is 6.07 Å². The van der Waals surface area contributed by atoms with E-state index in [4.69, 9.17) is 11.6 Å². The Hall–Kier alpha value is -0.530. The summed E-state index contributed by atoms with van der Waals surface area (Å²) in [5, 5.41) is 4.83. The van der Waals surface area contributed by atoms with Crippen molar-refractivity contribution >= 4 is 11.6 Å². The Balaban J connectivity index is 1.71. The second-order valence-electron chi connectivity index (χ2n) is 6.16. The monoisotopic (exact) mass is 277 g/mol. The summed E-state index contributed by atoms with van der Waals surface area (Å²) in [5.41, 5.74) is 2.94. The molecule has 0 radical (unpaired) electrons. The van der Waals surface area contributed by atoms with Gasteiger partial charge in [0.1, 0.15) is 0 Å². The molecule has 1 fully saturated rings. The minimum atomic E-state index is 0.560. The Bertz CT molecular complexity index is 443. The van der Waals surface area contributed by atoms with Crippen molar-refractivity contribution in [3.63, 3.8) is 0 Å². The standard InChI is InChI=1S/C17H24ClN/c1-2-12-5-3-4-6-16(12)19-17-10-7-13-11-14(18)8-9-15(13)17/h8-9,11-12,16-17,19H,2-7,10H2,1H3. The van der Waals surface area contributed by atoms with Crippen LogP contribution in [0.15, 0.2) is 18.2 Å². The number of fused-ring (bicyclic) bond motifs is 1. The summed E-state index contributed by atoms with van der Waals surface area (Å²) in [6.45, 7) is 2.34. The maximum Gasteiger partial charge on any atom is 0.0408 e. The highest BCUT2D eigenvalue weighted by Gasteiger charge is 2.29. The van der Waals surface area contributed by atoms with Crippen molar-refractivity contribution in [3.8, 4) is 0 Å². The van der Waals surface area contributed by atoms with Gasteiger partial charge in [-0.25, -0.2) is 0 Å². The molecule has 3 atom stereocenters. The molecular formula is C17H24ClN. The van der Waals surface area contributed by atoms with Gasteiger partial charge in [-0.05, 0) is 54.9 Å². The van der Waals surface area contributed by atoms with E-state index in [2.05, 4.69) is 24.4 Å². The van der Waals surface area contributed by atoms with Gasteiger partial charge >= 0.3 is 0 Å². The summed E-state index contributed by atoms with van der Waals surface area (Å²) in [6, 6.07) is 7.70. The Labute approximate surface area is 121 Å². The average molecular weight is 278 g/mol. The molecule has 0 heterocycles. The van der Waals surface area contributed by atoms with E-state index in [-0.39, 0.29) is 0 Å². The average Bonchev–Trinajstić information content (AvgIpc) is 2.82. The molecular weight excluding hydrogens is 254 g/mol. The van der Waals surface area contributed by atoms with E-state index in [0.717, 1.165) is 17.0 Å². The van der Waals surface area contributed by atoms with Crippen molar-refractivity contribution in [2.45, 2.75) is 64.0 Å². The molecule has 2 aliphatic rings. The third kappa shape index (κ3) is 2.83. The van der Waals surface area contributed by atoms with Crippen LogP contribution >= 0.6 is 11.6 Å². The maximum absolute atomic E-state index is 6.09. The predicted octanol–water partition coefficient (Wildman–Crippen LogP) is 4.89. The van der Waals surface area contributed by atoms with Crippen molar-refractivity contribution in [2.75, 3.05) is 0 Å². The Morgan fingerprint density at radius 2 is 2.05 bits per heavy atom. The van der Waals surface area contributed by atoms with Gasteiger partial charge in [0.05, 0.1) is 0 Å². The summed E-state index contributed by atoms with van der Waals surface area (Å²) in [4.78, 5) is 0. The first-order valence-corrected chi connectivity index (χ1v) is 8.20.